The first kappa shape index (κ1) is 14.5. The quantitative estimate of drug-likeness (QED) is 0.893. The molecule has 2 unspecified atom stereocenters. The molecule has 0 heterocycles. The van der Waals surface area contributed by atoms with E-state index in [4.69, 9.17) is 0 Å². The van der Waals surface area contributed by atoms with E-state index in [0.29, 0.717) is 12.8 Å². The van der Waals surface area contributed by atoms with Gasteiger partial charge in [0.25, 0.3) is 5.91 Å². The fourth-order valence-corrected chi connectivity index (χ4v) is 2.84. The molecule has 5 heteroatoms. The van der Waals surface area contributed by atoms with Crippen LogP contribution in [0.1, 0.15) is 43.0 Å². The highest BCUT2D eigenvalue weighted by atomic mass is 19.1. The third-order valence-corrected chi connectivity index (χ3v) is 3.99. The van der Waals surface area contributed by atoms with E-state index < -0.39 is 29.2 Å². The number of halogens is 1. The number of carbonyl (C=O) groups excluding carboxylic acids is 1. The summed E-state index contributed by atoms with van der Waals surface area (Å²) in [6.07, 6.45) is 2.90. The van der Waals surface area contributed by atoms with Crippen LogP contribution in [-0.2, 0) is 4.79 Å². The summed E-state index contributed by atoms with van der Waals surface area (Å²) in [5, 5.41) is 12.1. The lowest BCUT2D eigenvalue weighted by molar-refractivity contribution is -0.145. The molecule has 1 aromatic carbocycles. The standard InChI is InChI=1S/C15H18FNO3/c1-15(8-3-2-7-12(15)14(19)20)17-13(18)10-5-4-6-11(16)9-10/h4-6,9,12H,2-3,7-8H2,1H3,(H,17,18)(H,19,20). The Hall–Kier alpha value is -1.91. The van der Waals surface area contributed by atoms with E-state index in [2.05, 4.69) is 5.32 Å². The second kappa shape index (κ2) is 5.61. The first-order valence-electron chi connectivity index (χ1n) is 6.73. The van der Waals surface area contributed by atoms with Crippen molar-refractivity contribution < 1.29 is 19.1 Å². The maximum absolute atomic E-state index is 13.1. The Morgan fingerprint density at radius 2 is 2.15 bits per heavy atom. The largest absolute Gasteiger partial charge is 0.481 e. The highest BCUT2D eigenvalue weighted by Crippen LogP contribution is 2.34. The van der Waals surface area contributed by atoms with Crippen molar-refractivity contribution in [2.24, 2.45) is 5.92 Å². The summed E-state index contributed by atoms with van der Waals surface area (Å²) in [4.78, 5) is 23.5. The summed E-state index contributed by atoms with van der Waals surface area (Å²) in [5.41, 5.74) is -0.575. The van der Waals surface area contributed by atoms with Crippen LogP contribution in [0.2, 0.25) is 0 Å². The van der Waals surface area contributed by atoms with E-state index in [0.717, 1.165) is 18.9 Å². The van der Waals surface area contributed by atoms with Crippen LogP contribution in [-0.4, -0.2) is 22.5 Å². The summed E-state index contributed by atoms with van der Waals surface area (Å²) < 4.78 is 13.1. The molecule has 0 aliphatic heterocycles. The molecule has 0 spiro atoms. The Morgan fingerprint density at radius 3 is 2.80 bits per heavy atom. The summed E-state index contributed by atoms with van der Waals surface area (Å²) in [5.74, 6) is -2.41. The van der Waals surface area contributed by atoms with E-state index in [9.17, 15) is 19.1 Å². The van der Waals surface area contributed by atoms with Crippen molar-refractivity contribution in [3.8, 4) is 0 Å². The minimum atomic E-state index is -0.897. The molecule has 0 saturated heterocycles. The molecule has 0 radical (unpaired) electrons. The van der Waals surface area contributed by atoms with Crippen molar-refractivity contribution in [3.05, 3.63) is 35.6 Å². The molecule has 0 aromatic heterocycles. The van der Waals surface area contributed by atoms with Gasteiger partial charge in [-0.2, -0.15) is 0 Å². The van der Waals surface area contributed by atoms with E-state index in [1.165, 1.54) is 18.2 Å². The molecule has 2 rings (SSSR count). The number of aliphatic carboxylic acids is 1. The van der Waals surface area contributed by atoms with Crippen molar-refractivity contribution in [2.75, 3.05) is 0 Å². The van der Waals surface area contributed by atoms with Crippen molar-refractivity contribution in [1.29, 1.82) is 0 Å². The molecule has 0 bridgehead atoms. The summed E-state index contributed by atoms with van der Waals surface area (Å²) in [6, 6.07) is 5.39. The lowest BCUT2D eigenvalue weighted by Crippen LogP contribution is -2.55. The van der Waals surface area contributed by atoms with Crippen LogP contribution in [0.15, 0.2) is 24.3 Å². The van der Waals surface area contributed by atoms with E-state index in [-0.39, 0.29) is 5.56 Å². The minimum absolute atomic E-state index is 0.209. The Kier molecular flexibility index (Phi) is 4.06. The van der Waals surface area contributed by atoms with Crippen LogP contribution in [0.4, 0.5) is 4.39 Å². The van der Waals surface area contributed by atoms with Gasteiger partial charge < -0.3 is 10.4 Å². The molecule has 4 nitrogen and oxygen atoms in total. The van der Waals surface area contributed by atoms with Crippen LogP contribution < -0.4 is 5.32 Å². The molecular weight excluding hydrogens is 261 g/mol. The Balaban J connectivity index is 2.18. The number of hydrogen-bond acceptors (Lipinski definition) is 2. The maximum atomic E-state index is 13.1. The highest BCUT2D eigenvalue weighted by molar-refractivity contribution is 5.95. The van der Waals surface area contributed by atoms with Crippen LogP contribution in [0, 0.1) is 11.7 Å². The van der Waals surface area contributed by atoms with E-state index in [1.807, 2.05) is 0 Å². The summed E-state index contributed by atoms with van der Waals surface area (Å²) in [7, 11) is 0. The predicted molar refractivity (Wildman–Crippen MR) is 71.9 cm³/mol. The number of amides is 1. The van der Waals surface area contributed by atoms with Crippen LogP contribution >= 0.6 is 0 Å². The average Bonchev–Trinajstić information content (AvgIpc) is 2.38. The molecule has 1 amide bonds. The average molecular weight is 279 g/mol. The molecule has 1 aromatic rings. The van der Waals surface area contributed by atoms with Gasteiger partial charge in [-0.1, -0.05) is 18.9 Å². The molecule has 1 aliphatic rings. The molecule has 1 fully saturated rings. The van der Waals surface area contributed by atoms with Gasteiger partial charge in [-0.25, -0.2) is 4.39 Å². The van der Waals surface area contributed by atoms with Crippen molar-refractivity contribution in [2.45, 2.75) is 38.1 Å². The fraction of sp³-hybridized carbons (Fsp3) is 0.467. The first-order chi connectivity index (χ1) is 9.42. The molecule has 20 heavy (non-hydrogen) atoms. The van der Waals surface area contributed by atoms with E-state index >= 15 is 0 Å². The lowest BCUT2D eigenvalue weighted by atomic mass is 9.73. The third-order valence-electron chi connectivity index (χ3n) is 3.99. The zero-order valence-corrected chi connectivity index (χ0v) is 11.4. The Labute approximate surface area is 117 Å². The van der Waals surface area contributed by atoms with Gasteiger partial charge in [0.05, 0.1) is 11.5 Å². The second-order valence-corrected chi connectivity index (χ2v) is 5.52. The molecule has 1 saturated carbocycles. The topological polar surface area (TPSA) is 66.4 Å². The molecule has 2 atom stereocenters. The molecular formula is C15H18FNO3. The van der Waals surface area contributed by atoms with Gasteiger partial charge >= 0.3 is 5.97 Å². The number of carboxylic acid groups (broad SMARTS) is 1. The third kappa shape index (κ3) is 2.98. The van der Waals surface area contributed by atoms with Gasteiger partial charge in [-0.3, -0.25) is 9.59 Å². The van der Waals surface area contributed by atoms with Crippen molar-refractivity contribution in [3.63, 3.8) is 0 Å². The second-order valence-electron chi connectivity index (χ2n) is 5.52. The van der Waals surface area contributed by atoms with Gasteiger partial charge in [0.15, 0.2) is 0 Å². The number of carboxylic acids is 1. The number of carbonyl (C=O) groups is 2. The first-order valence-corrected chi connectivity index (χ1v) is 6.73. The molecule has 1 aliphatic carbocycles. The van der Waals surface area contributed by atoms with Crippen molar-refractivity contribution in [1.82, 2.24) is 5.32 Å². The van der Waals surface area contributed by atoms with Gasteiger partial charge in [0.2, 0.25) is 0 Å². The summed E-state index contributed by atoms with van der Waals surface area (Å²) >= 11 is 0. The SMILES string of the molecule is CC1(NC(=O)c2cccc(F)c2)CCCCC1C(=O)O. The molecule has 108 valence electrons. The van der Waals surface area contributed by atoms with Gasteiger partial charge in [-0.15, -0.1) is 0 Å². The van der Waals surface area contributed by atoms with Gasteiger partial charge in [0.1, 0.15) is 5.82 Å². The van der Waals surface area contributed by atoms with E-state index in [1.54, 1.807) is 6.92 Å². The number of rotatable bonds is 3. The normalized spacial score (nSPS) is 26.0. The Bertz CT molecular complexity index is 532. The van der Waals surface area contributed by atoms with Crippen LogP contribution in [0.3, 0.4) is 0 Å². The van der Waals surface area contributed by atoms with Crippen LogP contribution in [0.25, 0.3) is 0 Å². The van der Waals surface area contributed by atoms with Crippen molar-refractivity contribution >= 4 is 11.9 Å². The zero-order chi connectivity index (χ0) is 14.8. The Morgan fingerprint density at radius 1 is 1.40 bits per heavy atom. The lowest BCUT2D eigenvalue weighted by Gasteiger charge is -2.39. The smallest absolute Gasteiger partial charge is 0.308 e. The number of hydrogen-bond donors (Lipinski definition) is 2. The number of benzene rings is 1. The highest BCUT2D eigenvalue weighted by Gasteiger charge is 2.42. The maximum Gasteiger partial charge on any atom is 0.308 e. The van der Waals surface area contributed by atoms with Gasteiger partial charge in [-0.05, 0) is 38.0 Å². The number of nitrogens with one attached hydrogen (secondary N) is 1. The molecule has 2 N–H and O–H groups in total. The zero-order valence-electron chi connectivity index (χ0n) is 11.4. The van der Waals surface area contributed by atoms with Gasteiger partial charge in [0, 0.05) is 5.56 Å². The summed E-state index contributed by atoms with van der Waals surface area (Å²) in [6.45, 7) is 1.75. The fourth-order valence-electron chi connectivity index (χ4n) is 2.84. The minimum Gasteiger partial charge on any atom is -0.481 e. The van der Waals surface area contributed by atoms with Crippen LogP contribution in [0.5, 0.6) is 0 Å². The predicted octanol–water partition coefficient (Wildman–Crippen LogP) is 2.59. The monoisotopic (exact) mass is 279 g/mol.